The summed E-state index contributed by atoms with van der Waals surface area (Å²) in [5.74, 6) is 0. The summed E-state index contributed by atoms with van der Waals surface area (Å²) in [6.45, 7) is 5.69. The highest BCUT2D eigenvalue weighted by Crippen LogP contribution is 1.82. The molecule has 0 saturated heterocycles. The van der Waals surface area contributed by atoms with Gasteiger partial charge in [-0.1, -0.05) is 19.4 Å². The molecule has 0 aliphatic heterocycles. The second-order valence-electron chi connectivity index (χ2n) is 1.32. The largest absolute Gasteiger partial charge is 0.328 e. The van der Waals surface area contributed by atoms with Gasteiger partial charge in [-0.05, 0) is 6.42 Å². The minimum Gasteiger partial charge on any atom is -0.328 e. The third-order valence-corrected chi connectivity index (χ3v) is 0.493. The average molecular weight is 133 g/mol. The molecule has 54 valence electrons. The monoisotopic (exact) mass is 133 g/mol. The van der Waals surface area contributed by atoms with Crippen LogP contribution in [0.1, 0.15) is 19.8 Å². The second kappa shape index (κ2) is 10.0. The first kappa shape index (κ1) is 10.8. The molecule has 0 aliphatic carbocycles. The molecule has 0 heterocycles. The van der Waals surface area contributed by atoms with Gasteiger partial charge >= 0.3 is 0 Å². The van der Waals surface area contributed by atoms with Crippen LogP contribution in [-0.4, -0.2) is 10.3 Å². The third kappa shape index (κ3) is 192. The van der Waals surface area contributed by atoms with Gasteiger partial charge in [0, 0.05) is 0 Å². The van der Waals surface area contributed by atoms with Crippen LogP contribution in [0.25, 0.3) is 0 Å². The van der Waals surface area contributed by atoms with Gasteiger partial charge in [0.25, 0.3) is 5.09 Å². The van der Waals surface area contributed by atoms with Gasteiger partial charge in [0.15, 0.2) is 0 Å². The van der Waals surface area contributed by atoms with Gasteiger partial charge in [-0.25, -0.2) is 0 Å². The zero-order chi connectivity index (χ0) is 7.70. The van der Waals surface area contributed by atoms with Gasteiger partial charge in [0.1, 0.15) is 0 Å². The first-order valence-corrected chi connectivity index (χ1v) is 2.59. The van der Waals surface area contributed by atoms with Crippen molar-refractivity contribution < 1.29 is 10.3 Å². The van der Waals surface area contributed by atoms with E-state index in [0.29, 0.717) is 0 Å². The Hall–Kier alpha value is -1.06. The molecule has 4 heteroatoms. The van der Waals surface area contributed by atoms with E-state index in [2.05, 4.69) is 13.5 Å². The van der Waals surface area contributed by atoms with Crippen LogP contribution in [0, 0.1) is 10.1 Å². The Kier molecular flexibility index (Phi) is 12.1. The topological polar surface area (TPSA) is 63.4 Å². The Balaban J connectivity index is 0. The highest BCUT2D eigenvalue weighted by Gasteiger charge is 1.65. The molecule has 0 saturated carbocycles. The molecule has 4 nitrogen and oxygen atoms in total. The summed E-state index contributed by atoms with van der Waals surface area (Å²) < 4.78 is 0. The molecule has 0 amide bonds. The van der Waals surface area contributed by atoms with Crippen molar-refractivity contribution in [3.8, 4) is 0 Å². The van der Waals surface area contributed by atoms with Crippen molar-refractivity contribution in [1.82, 2.24) is 0 Å². The van der Waals surface area contributed by atoms with E-state index in [1.54, 1.807) is 0 Å². The summed E-state index contributed by atoms with van der Waals surface area (Å²) in [6, 6.07) is 0. The third-order valence-electron chi connectivity index (χ3n) is 0.493. The quantitative estimate of drug-likeness (QED) is 0.353. The minimum atomic E-state index is -1.50. The number of rotatable bonds is 2. The Morgan fingerprint density at radius 3 is 2.22 bits per heavy atom. The number of unbranched alkanes of at least 4 members (excludes halogenated alkanes) is 1. The molecular weight excluding hydrogens is 122 g/mol. The summed E-state index contributed by atoms with van der Waals surface area (Å²) in [4.78, 5) is 8.36. The van der Waals surface area contributed by atoms with Gasteiger partial charge in [-0.3, -0.25) is 0 Å². The van der Waals surface area contributed by atoms with E-state index in [1.165, 1.54) is 6.42 Å². The number of hydrogen-bond donors (Lipinski definition) is 1. The fourth-order valence-corrected chi connectivity index (χ4v) is 0.204. The maximum atomic E-state index is 8.36. The maximum absolute atomic E-state index is 8.36. The summed E-state index contributed by atoms with van der Waals surface area (Å²) >= 11 is 0. The predicted octanol–water partition coefficient (Wildman–Crippen LogP) is 1.62. The lowest BCUT2D eigenvalue weighted by molar-refractivity contribution is -0.742. The molecule has 0 spiro atoms. The average Bonchev–Trinajstić information content (AvgIpc) is 1.66. The van der Waals surface area contributed by atoms with E-state index in [0.717, 1.165) is 6.42 Å². The van der Waals surface area contributed by atoms with Crippen LogP contribution in [0.4, 0.5) is 0 Å². The summed E-state index contributed by atoms with van der Waals surface area (Å²) in [6.07, 6.45) is 4.31. The molecule has 0 bridgehead atoms. The molecule has 0 rings (SSSR count). The zero-order valence-electron chi connectivity index (χ0n) is 5.41. The molecule has 0 atom stereocenters. The lowest BCUT2D eigenvalue weighted by atomic mass is 10.3. The standard InChI is InChI=1S/C5H10.HNO3/c1-3-5-4-2;2-1(3)4/h3H,1,4-5H2,2H3;(H,2,3,4). The van der Waals surface area contributed by atoms with E-state index in [1.807, 2.05) is 6.08 Å². The van der Waals surface area contributed by atoms with Crippen LogP contribution in [-0.2, 0) is 0 Å². The van der Waals surface area contributed by atoms with Crippen molar-refractivity contribution in [2.24, 2.45) is 0 Å². The van der Waals surface area contributed by atoms with Crippen molar-refractivity contribution in [2.75, 3.05) is 0 Å². The molecule has 9 heavy (non-hydrogen) atoms. The number of nitrogens with zero attached hydrogens (tertiary/aromatic N) is 1. The van der Waals surface area contributed by atoms with Gasteiger partial charge in [-0.2, -0.15) is 0 Å². The van der Waals surface area contributed by atoms with E-state index in [4.69, 9.17) is 15.3 Å². The van der Waals surface area contributed by atoms with Gasteiger partial charge in [0.05, 0.1) is 0 Å². The van der Waals surface area contributed by atoms with Crippen molar-refractivity contribution in [3.63, 3.8) is 0 Å². The molecule has 0 aromatic rings. The maximum Gasteiger partial charge on any atom is 0.291 e. The lowest BCUT2D eigenvalue weighted by Gasteiger charge is -1.72. The zero-order valence-corrected chi connectivity index (χ0v) is 5.41. The summed E-state index contributed by atoms with van der Waals surface area (Å²) in [5.41, 5.74) is 0. The van der Waals surface area contributed by atoms with Crippen molar-refractivity contribution >= 4 is 0 Å². The van der Waals surface area contributed by atoms with Gasteiger partial charge < -0.3 is 5.21 Å². The van der Waals surface area contributed by atoms with Gasteiger partial charge in [-0.15, -0.1) is 16.7 Å². The molecule has 0 aliphatic rings. The minimum absolute atomic E-state index is 1.15. The molecular formula is C5H11NO3. The van der Waals surface area contributed by atoms with Gasteiger partial charge in [0.2, 0.25) is 0 Å². The molecule has 0 aromatic heterocycles. The molecule has 0 radical (unpaired) electrons. The SMILES string of the molecule is C=CCCC.O=[N+]([O-])O. The fourth-order valence-electron chi connectivity index (χ4n) is 0.204. The normalized spacial score (nSPS) is 6.78. The van der Waals surface area contributed by atoms with E-state index in [9.17, 15) is 0 Å². The number of hydrogen-bond acceptors (Lipinski definition) is 2. The number of allylic oxidation sites excluding steroid dienone is 1. The summed E-state index contributed by atoms with van der Waals surface area (Å²) in [5, 5.41) is 13.6. The first-order valence-electron chi connectivity index (χ1n) is 2.59. The van der Waals surface area contributed by atoms with Crippen LogP contribution < -0.4 is 0 Å². The molecule has 0 unspecified atom stereocenters. The molecule has 0 fully saturated rings. The molecule has 0 aromatic carbocycles. The second-order valence-corrected chi connectivity index (χ2v) is 1.32. The molecule has 1 N–H and O–H groups in total. The Morgan fingerprint density at radius 2 is 2.22 bits per heavy atom. The Morgan fingerprint density at radius 1 is 1.89 bits per heavy atom. The van der Waals surface area contributed by atoms with E-state index in [-0.39, 0.29) is 0 Å². The lowest BCUT2D eigenvalue weighted by Crippen LogP contribution is -1.81. The van der Waals surface area contributed by atoms with Crippen LogP contribution in [0.15, 0.2) is 12.7 Å². The van der Waals surface area contributed by atoms with E-state index >= 15 is 0 Å². The Labute approximate surface area is 53.9 Å². The highest BCUT2D eigenvalue weighted by molar-refractivity contribution is 4.63. The fraction of sp³-hybridized carbons (Fsp3) is 0.600. The van der Waals surface area contributed by atoms with Crippen molar-refractivity contribution in [2.45, 2.75) is 19.8 Å². The van der Waals surface area contributed by atoms with Crippen LogP contribution in [0.3, 0.4) is 0 Å². The highest BCUT2D eigenvalue weighted by atomic mass is 16.9. The van der Waals surface area contributed by atoms with Crippen LogP contribution in [0.5, 0.6) is 0 Å². The smallest absolute Gasteiger partial charge is 0.291 e. The summed E-state index contributed by atoms with van der Waals surface area (Å²) in [7, 11) is 0. The van der Waals surface area contributed by atoms with Crippen molar-refractivity contribution in [1.29, 1.82) is 0 Å². The van der Waals surface area contributed by atoms with Crippen LogP contribution in [0.2, 0.25) is 0 Å². The first-order chi connectivity index (χ1) is 4.15. The van der Waals surface area contributed by atoms with Crippen LogP contribution >= 0.6 is 0 Å². The Bertz CT molecular complexity index is 78.3. The van der Waals surface area contributed by atoms with E-state index < -0.39 is 5.09 Å². The van der Waals surface area contributed by atoms with Crippen molar-refractivity contribution in [3.05, 3.63) is 22.8 Å². The predicted molar refractivity (Wildman–Crippen MR) is 33.9 cm³/mol.